The highest BCUT2D eigenvalue weighted by molar-refractivity contribution is 6.28. The standard InChI is InChI=1S/C11H13ClN4O2/c1-2-15-8-5-13-10(12)14-9(8)16(11(15)17)7-3-4-18-6-7/h5,7H,2-4,6H2,1H3. The molecule has 0 aliphatic carbocycles. The first-order chi connectivity index (χ1) is 8.72. The average Bonchev–Trinajstić information content (AvgIpc) is 2.94. The summed E-state index contributed by atoms with van der Waals surface area (Å²) in [6, 6.07) is 0.0405. The lowest BCUT2D eigenvalue weighted by Gasteiger charge is -2.08. The first-order valence-electron chi connectivity index (χ1n) is 5.93. The zero-order valence-corrected chi connectivity index (χ0v) is 10.7. The summed E-state index contributed by atoms with van der Waals surface area (Å²) in [7, 11) is 0. The number of rotatable bonds is 2. The predicted molar refractivity (Wildman–Crippen MR) is 66.9 cm³/mol. The summed E-state index contributed by atoms with van der Waals surface area (Å²) in [5.74, 6) is 0. The molecule has 96 valence electrons. The van der Waals surface area contributed by atoms with E-state index in [0.717, 1.165) is 11.9 Å². The third-order valence-electron chi connectivity index (χ3n) is 3.26. The zero-order chi connectivity index (χ0) is 12.7. The maximum atomic E-state index is 12.4. The molecule has 1 unspecified atom stereocenters. The van der Waals surface area contributed by atoms with E-state index in [0.29, 0.717) is 25.4 Å². The van der Waals surface area contributed by atoms with Crippen LogP contribution in [0, 0.1) is 0 Å². The molecule has 1 saturated heterocycles. The molecule has 0 aromatic carbocycles. The number of fused-ring (bicyclic) bond motifs is 1. The Morgan fingerprint density at radius 1 is 1.61 bits per heavy atom. The molecule has 3 rings (SSSR count). The molecule has 1 fully saturated rings. The molecule has 0 saturated carbocycles. The second kappa shape index (κ2) is 4.37. The van der Waals surface area contributed by atoms with Gasteiger partial charge >= 0.3 is 5.69 Å². The van der Waals surface area contributed by atoms with Gasteiger partial charge in [0, 0.05) is 13.2 Å². The molecule has 0 radical (unpaired) electrons. The first kappa shape index (κ1) is 11.7. The molecule has 1 atom stereocenters. The summed E-state index contributed by atoms with van der Waals surface area (Å²) in [6.07, 6.45) is 2.42. The number of hydrogen-bond acceptors (Lipinski definition) is 4. The van der Waals surface area contributed by atoms with Gasteiger partial charge in [0.25, 0.3) is 0 Å². The van der Waals surface area contributed by atoms with Crippen molar-refractivity contribution in [1.29, 1.82) is 0 Å². The number of aryl methyl sites for hydroxylation is 1. The first-order valence-corrected chi connectivity index (χ1v) is 6.31. The molecule has 3 heterocycles. The van der Waals surface area contributed by atoms with Gasteiger partial charge in [0.1, 0.15) is 5.52 Å². The Labute approximate surface area is 108 Å². The van der Waals surface area contributed by atoms with Crippen LogP contribution in [0.1, 0.15) is 19.4 Å². The highest BCUT2D eigenvalue weighted by atomic mass is 35.5. The van der Waals surface area contributed by atoms with Crippen molar-refractivity contribution < 1.29 is 4.74 Å². The average molecular weight is 269 g/mol. The SMILES string of the molecule is CCn1c(=O)n(C2CCOC2)c2nc(Cl)ncc21. The van der Waals surface area contributed by atoms with Crippen LogP contribution in [0.3, 0.4) is 0 Å². The minimum absolute atomic E-state index is 0.0405. The van der Waals surface area contributed by atoms with Crippen LogP contribution in [0.5, 0.6) is 0 Å². The van der Waals surface area contributed by atoms with Gasteiger partial charge in [-0.1, -0.05) is 0 Å². The lowest BCUT2D eigenvalue weighted by atomic mass is 10.2. The zero-order valence-electron chi connectivity index (χ0n) is 9.97. The summed E-state index contributed by atoms with van der Waals surface area (Å²) in [5, 5.41) is 0.156. The Kier molecular flexibility index (Phi) is 2.83. The number of hydrogen-bond donors (Lipinski definition) is 0. The summed E-state index contributed by atoms with van der Waals surface area (Å²) in [4.78, 5) is 20.5. The van der Waals surface area contributed by atoms with Gasteiger partial charge in [0.2, 0.25) is 5.28 Å². The number of imidazole rings is 1. The predicted octanol–water partition coefficient (Wildman–Crippen LogP) is 1.23. The molecule has 2 aromatic rings. The molecule has 0 amide bonds. The molecule has 7 heteroatoms. The fraction of sp³-hybridized carbons (Fsp3) is 0.545. The van der Waals surface area contributed by atoms with Crippen molar-refractivity contribution in [3.63, 3.8) is 0 Å². The van der Waals surface area contributed by atoms with E-state index in [1.165, 1.54) is 0 Å². The Balaban J connectivity index is 2.31. The normalized spacial score (nSPS) is 19.8. The summed E-state index contributed by atoms with van der Waals surface area (Å²) in [5.41, 5.74) is 1.25. The highest BCUT2D eigenvalue weighted by Gasteiger charge is 2.24. The van der Waals surface area contributed by atoms with Crippen LogP contribution in [0.4, 0.5) is 0 Å². The smallest absolute Gasteiger partial charge is 0.330 e. The van der Waals surface area contributed by atoms with Gasteiger partial charge in [-0.25, -0.2) is 9.78 Å². The highest BCUT2D eigenvalue weighted by Crippen LogP contribution is 2.22. The van der Waals surface area contributed by atoms with Gasteiger partial charge < -0.3 is 4.74 Å². The quantitative estimate of drug-likeness (QED) is 0.769. The van der Waals surface area contributed by atoms with Gasteiger partial charge in [-0.3, -0.25) is 9.13 Å². The minimum Gasteiger partial charge on any atom is -0.379 e. The molecule has 0 spiro atoms. The molecule has 0 N–H and O–H groups in total. The van der Waals surface area contributed by atoms with Crippen molar-refractivity contribution in [3.05, 3.63) is 22.0 Å². The van der Waals surface area contributed by atoms with E-state index in [1.807, 2.05) is 6.92 Å². The summed E-state index contributed by atoms with van der Waals surface area (Å²) in [6.45, 7) is 3.73. The molecule has 1 aliphatic rings. The maximum Gasteiger partial charge on any atom is 0.330 e. The van der Waals surface area contributed by atoms with Crippen LogP contribution in [-0.2, 0) is 11.3 Å². The summed E-state index contributed by atoms with van der Waals surface area (Å²) >= 11 is 5.82. The molecule has 6 nitrogen and oxygen atoms in total. The van der Waals surface area contributed by atoms with Crippen LogP contribution in [-0.4, -0.2) is 32.3 Å². The van der Waals surface area contributed by atoms with Crippen molar-refractivity contribution in [2.45, 2.75) is 25.9 Å². The van der Waals surface area contributed by atoms with Crippen LogP contribution in [0.25, 0.3) is 11.2 Å². The van der Waals surface area contributed by atoms with Crippen molar-refractivity contribution in [1.82, 2.24) is 19.1 Å². The van der Waals surface area contributed by atoms with E-state index in [-0.39, 0.29) is 17.0 Å². The number of aromatic nitrogens is 4. The molecule has 18 heavy (non-hydrogen) atoms. The Hall–Kier alpha value is -1.40. The van der Waals surface area contributed by atoms with Gasteiger partial charge in [-0.2, -0.15) is 4.98 Å². The fourth-order valence-corrected chi connectivity index (χ4v) is 2.53. The topological polar surface area (TPSA) is 61.9 Å². The van der Waals surface area contributed by atoms with Gasteiger partial charge in [0.15, 0.2) is 5.65 Å². The van der Waals surface area contributed by atoms with E-state index >= 15 is 0 Å². The van der Waals surface area contributed by atoms with Crippen molar-refractivity contribution in [2.24, 2.45) is 0 Å². The molecular weight excluding hydrogens is 256 g/mol. The lowest BCUT2D eigenvalue weighted by Crippen LogP contribution is -2.27. The van der Waals surface area contributed by atoms with Crippen molar-refractivity contribution in [3.8, 4) is 0 Å². The van der Waals surface area contributed by atoms with Crippen molar-refractivity contribution in [2.75, 3.05) is 13.2 Å². The lowest BCUT2D eigenvalue weighted by molar-refractivity contribution is 0.186. The monoisotopic (exact) mass is 268 g/mol. The second-order valence-corrected chi connectivity index (χ2v) is 4.60. The maximum absolute atomic E-state index is 12.4. The fourth-order valence-electron chi connectivity index (χ4n) is 2.40. The minimum atomic E-state index is -0.0698. The van der Waals surface area contributed by atoms with E-state index in [2.05, 4.69) is 9.97 Å². The largest absolute Gasteiger partial charge is 0.379 e. The molecule has 1 aliphatic heterocycles. The number of halogens is 1. The second-order valence-electron chi connectivity index (χ2n) is 4.26. The molecule has 2 aromatic heterocycles. The Bertz CT molecular complexity index is 642. The van der Waals surface area contributed by atoms with Gasteiger partial charge in [0.05, 0.1) is 18.8 Å². The van der Waals surface area contributed by atoms with Crippen LogP contribution in [0.2, 0.25) is 5.28 Å². The molecule has 0 bridgehead atoms. The van der Waals surface area contributed by atoms with Crippen LogP contribution in [0.15, 0.2) is 11.0 Å². The van der Waals surface area contributed by atoms with Crippen molar-refractivity contribution >= 4 is 22.8 Å². The van der Waals surface area contributed by atoms with Crippen LogP contribution >= 0.6 is 11.6 Å². The van der Waals surface area contributed by atoms with Gasteiger partial charge in [-0.15, -0.1) is 0 Å². The summed E-state index contributed by atoms with van der Waals surface area (Å²) < 4.78 is 8.68. The van der Waals surface area contributed by atoms with Gasteiger partial charge in [-0.05, 0) is 24.9 Å². The van der Waals surface area contributed by atoms with Crippen LogP contribution < -0.4 is 5.69 Å². The number of nitrogens with zero attached hydrogens (tertiary/aromatic N) is 4. The Morgan fingerprint density at radius 3 is 3.11 bits per heavy atom. The van der Waals surface area contributed by atoms with E-state index in [1.54, 1.807) is 15.3 Å². The number of ether oxygens (including phenoxy) is 1. The third kappa shape index (κ3) is 1.64. The van der Waals surface area contributed by atoms with E-state index in [4.69, 9.17) is 16.3 Å². The van der Waals surface area contributed by atoms with E-state index in [9.17, 15) is 4.79 Å². The Morgan fingerprint density at radius 2 is 2.44 bits per heavy atom. The van der Waals surface area contributed by atoms with E-state index < -0.39 is 0 Å². The molecular formula is C11H13ClN4O2. The third-order valence-corrected chi connectivity index (χ3v) is 3.45.